The van der Waals surface area contributed by atoms with E-state index in [4.69, 9.17) is 18.0 Å². The van der Waals surface area contributed by atoms with Crippen molar-refractivity contribution >= 4 is 23.6 Å². The average molecular weight is 262 g/mol. The highest BCUT2D eigenvalue weighted by Crippen LogP contribution is 2.16. The van der Waals surface area contributed by atoms with Gasteiger partial charge < -0.3 is 5.32 Å². The highest BCUT2D eigenvalue weighted by molar-refractivity contribution is 6.32. The summed E-state index contributed by atoms with van der Waals surface area (Å²) >= 11 is 5.98. The van der Waals surface area contributed by atoms with E-state index in [0.29, 0.717) is 11.4 Å². The normalized spacial score (nSPS) is 13.9. The Hall–Kier alpha value is -1.72. The molecule has 0 heterocycles. The first-order valence-electron chi connectivity index (χ1n) is 5.73. The molecular formula is C15H16ClNO. The monoisotopic (exact) mass is 261 g/mol. The molecule has 0 aromatic heterocycles. The van der Waals surface area contributed by atoms with Crippen molar-refractivity contribution in [3.8, 4) is 12.3 Å². The fourth-order valence-electron chi connectivity index (χ4n) is 1.32. The van der Waals surface area contributed by atoms with E-state index in [9.17, 15) is 4.79 Å². The zero-order valence-electron chi connectivity index (χ0n) is 10.5. The SMILES string of the molecule is C#C[C@](C)(CC)NC(=O)/C=C/c1ccccc1Cl. The highest BCUT2D eigenvalue weighted by Gasteiger charge is 2.19. The number of carbonyl (C=O) groups excluding carboxylic acids is 1. The van der Waals surface area contributed by atoms with Crippen molar-refractivity contribution in [2.45, 2.75) is 25.8 Å². The van der Waals surface area contributed by atoms with Gasteiger partial charge in [-0.1, -0.05) is 42.6 Å². The fourth-order valence-corrected chi connectivity index (χ4v) is 1.51. The van der Waals surface area contributed by atoms with E-state index < -0.39 is 5.54 Å². The second-order valence-electron chi connectivity index (χ2n) is 4.17. The Morgan fingerprint density at radius 3 is 2.78 bits per heavy atom. The molecular weight excluding hydrogens is 246 g/mol. The van der Waals surface area contributed by atoms with E-state index in [1.807, 2.05) is 32.0 Å². The van der Waals surface area contributed by atoms with Crippen LogP contribution >= 0.6 is 11.6 Å². The Bertz CT molecular complexity index is 501. The van der Waals surface area contributed by atoms with Crippen molar-refractivity contribution in [2.75, 3.05) is 0 Å². The standard InChI is InChI=1S/C15H16ClNO/c1-4-15(3,5-2)17-14(18)11-10-12-8-6-7-9-13(12)16/h1,6-11H,5H2,2-3H3,(H,17,18)/b11-10+/t15-/m1/s1. The summed E-state index contributed by atoms with van der Waals surface area (Å²) in [5.74, 6) is 2.35. The van der Waals surface area contributed by atoms with E-state index in [-0.39, 0.29) is 5.91 Å². The molecule has 0 aliphatic heterocycles. The number of rotatable bonds is 4. The summed E-state index contributed by atoms with van der Waals surface area (Å²) in [6, 6.07) is 7.32. The molecule has 0 saturated heterocycles. The van der Waals surface area contributed by atoms with Crippen molar-refractivity contribution < 1.29 is 4.79 Å². The maximum absolute atomic E-state index is 11.7. The maximum atomic E-state index is 11.7. The minimum atomic E-state index is -0.609. The Labute approximate surface area is 113 Å². The van der Waals surface area contributed by atoms with Crippen LogP contribution in [0.1, 0.15) is 25.8 Å². The number of amides is 1. The third-order valence-electron chi connectivity index (χ3n) is 2.74. The first-order chi connectivity index (χ1) is 8.50. The van der Waals surface area contributed by atoms with Crippen molar-refractivity contribution in [2.24, 2.45) is 0 Å². The molecule has 0 unspecified atom stereocenters. The van der Waals surface area contributed by atoms with Gasteiger partial charge in [-0.3, -0.25) is 4.79 Å². The zero-order chi connectivity index (χ0) is 13.6. The van der Waals surface area contributed by atoms with E-state index in [1.165, 1.54) is 6.08 Å². The minimum absolute atomic E-state index is 0.225. The molecule has 3 heteroatoms. The third kappa shape index (κ3) is 3.94. The summed E-state index contributed by atoms with van der Waals surface area (Å²) in [5.41, 5.74) is 0.190. The molecule has 1 rings (SSSR count). The van der Waals surface area contributed by atoms with Crippen LogP contribution in [-0.4, -0.2) is 11.4 Å². The summed E-state index contributed by atoms with van der Waals surface area (Å²) in [4.78, 5) is 11.7. The Kier molecular flexibility index (Phi) is 5.00. The van der Waals surface area contributed by atoms with Gasteiger partial charge in [-0.05, 0) is 31.1 Å². The summed E-state index contributed by atoms with van der Waals surface area (Å²) in [6.07, 6.45) is 9.17. The Morgan fingerprint density at radius 2 is 2.22 bits per heavy atom. The van der Waals surface area contributed by atoms with Gasteiger partial charge in [0.25, 0.3) is 0 Å². The van der Waals surface area contributed by atoms with Gasteiger partial charge in [0.2, 0.25) is 5.91 Å². The topological polar surface area (TPSA) is 29.1 Å². The van der Waals surface area contributed by atoms with Crippen LogP contribution in [0.15, 0.2) is 30.3 Å². The first-order valence-corrected chi connectivity index (χ1v) is 6.11. The van der Waals surface area contributed by atoms with Crippen LogP contribution in [0, 0.1) is 12.3 Å². The van der Waals surface area contributed by atoms with Gasteiger partial charge in [0.1, 0.15) is 0 Å². The van der Waals surface area contributed by atoms with E-state index in [1.54, 1.807) is 12.1 Å². The van der Waals surface area contributed by atoms with Gasteiger partial charge in [-0.25, -0.2) is 0 Å². The summed E-state index contributed by atoms with van der Waals surface area (Å²) in [5, 5.41) is 3.39. The lowest BCUT2D eigenvalue weighted by molar-refractivity contribution is -0.117. The number of hydrogen-bond acceptors (Lipinski definition) is 1. The molecule has 0 aliphatic rings. The molecule has 1 aromatic carbocycles. The van der Waals surface area contributed by atoms with Crippen LogP contribution < -0.4 is 5.32 Å². The van der Waals surface area contributed by atoms with Crippen molar-refractivity contribution in [3.05, 3.63) is 40.9 Å². The molecule has 2 nitrogen and oxygen atoms in total. The molecule has 0 fully saturated rings. The molecule has 1 atom stereocenters. The van der Waals surface area contributed by atoms with Gasteiger partial charge >= 0.3 is 0 Å². The lowest BCUT2D eigenvalue weighted by Crippen LogP contribution is -2.43. The van der Waals surface area contributed by atoms with Crippen LogP contribution in [0.3, 0.4) is 0 Å². The molecule has 0 saturated carbocycles. The number of benzene rings is 1. The number of terminal acetylenes is 1. The lowest BCUT2D eigenvalue weighted by atomic mass is 10.0. The van der Waals surface area contributed by atoms with Gasteiger partial charge in [0, 0.05) is 11.1 Å². The first kappa shape index (κ1) is 14.3. The largest absolute Gasteiger partial charge is 0.337 e. The second-order valence-corrected chi connectivity index (χ2v) is 4.58. The van der Waals surface area contributed by atoms with Crippen molar-refractivity contribution in [1.29, 1.82) is 0 Å². The van der Waals surface area contributed by atoms with Gasteiger partial charge in [0.15, 0.2) is 0 Å². The molecule has 18 heavy (non-hydrogen) atoms. The van der Waals surface area contributed by atoms with Crippen LogP contribution in [0.2, 0.25) is 5.02 Å². The van der Waals surface area contributed by atoms with Gasteiger partial charge in [0.05, 0.1) is 5.54 Å². The Balaban J connectivity index is 2.72. The highest BCUT2D eigenvalue weighted by atomic mass is 35.5. The predicted molar refractivity (Wildman–Crippen MR) is 76.2 cm³/mol. The Morgan fingerprint density at radius 1 is 1.56 bits per heavy atom. The molecule has 1 amide bonds. The zero-order valence-corrected chi connectivity index (χ0v) is 11.3. The number of nitrogens with one attached hydrogen (secondary N) is 1. The molecule has 94 valence electrons. The van der Waals surface area contributed by atoms with Crippen LogP contribution in [0.25, 0.3) is 6.08 Å². The maximum Gasteiger partial charge on any atom is 0.245 e. The second kappa shape index (κ2) is 6.28. The van der Waals surface area contributed by atoms with Gasteiger partial charge in [-0.15, -0.1) is 6.42 Å². The summed E-state index contributed by atoms with van der Waals surface area (Å²) < 4.78 is 0. The fraction of sp³-hybridized carbons (Fsp3) is 0.267. The summed E-state index contributed by atoms with van der Waals surface area (Å²) in [6.45, 7) is 3.74. The molecule has 0 radical (unpaired) electrons. The van der Waals surface area contributed by atoms with Crippen LogP contribution in [-0.2, 0) is 4.79 Å². The number of halogens is 1. The predicted octanol–water partition coefficient (Wildman–Crippen LogP) is 3.27. The van der Waals surface area contributed by atoms with E-state index in [0.717, 1.165) is 5.56 Å². The van der Waals surface area contributed by atoms with E-state index in [2.05, 4.69) is 11.2 Å². The van der Waals surface area contributed by atoms with Crippen molar-refractivity contribution in [1.82, 2.24) is 5.32 Å². The third-order valence-corrected chi connectivity index (χ3v) is 3.09. The number of hydrogen-bond donors (Lipinski definition) is 1. The lowest BCUT2D eigenvalue weighted by Gasteiger charge is -2.22. The summed E-state index contributed by atoms with van der Waals surface area (Å²) in [7, 11) is 0. The van der Waals surface area contributed by atoms with Gasteiger partial charge in [-0.2, -0.15) is 0 Å². The van der Waals surface area contributed by atoms with E-state index >= 15 is 0 Å². The van der Waals surface area contributed by atoms with Crippen LogP contribution in [0.4, 0.5) is 0 Å². The molecule has 0 aliphatic carbocycles. The van der Waals surface area contributed by atoms with Crippen LogP contribution in [0.5, 0.6) is 0 Å². The smallest absolute Gasteiger partial charge is 0.245 e. The molecule has 1 aromatic rings. The minimum Gasteiger partial charge on any atom is -0.337 e. The molecule has 1 N–H and O–H groups in total. The average Bonchev–Trinajstić information content (AvgIpc) is 2.37. The molecule has 0 bridgehead atoms. The number of carbonyl (C=O) groups is 1. The quantitative estimate of drug-likeness (QED) is 0.654. The molecule has 0 spiro atoms. The van der Waals surface area contributed by atoms with Crippen molar-refractivity contribution in [3.63, 3.8) is 0 Å².